The van der Waals surface area contributed by atoms with Crippen LogP contribution in [0.1, 0.15) is 23.6 Å². The van der Waals surface area contributed by atoms with E-state index in [4.69, 9.17) is 5.26 Å². The van der Waals surface area contributed by atoms with Crippen molar-refractivity contribution in [2.24, 2.45) is 0 Å². The Balaban J connectivity index is 1.73. The van der Waals surface area contributed by atoms with Crippen LogP contribution in [0.25, 0.3) is 11.6 Å². The summed E-state index contributed by atoms with van der Waals surface area (Å²) in [4.78, 5) is 0. The molecule has 3 aromatic carbocycles. The number of hydrogen-bond acceptors (Lipinski definition) is 2. The molecule has 2 heteroatoms. The van der Waals surface area contributed by atoms with E-state index in [-0.39, 0.29) is 0 Å². The molecule has 0 bridgehead atoms. The molecule has 0 spiro atoms. The molecule has 1 N–H and O–H groups in total. The van der Waals surface area contributed by atoms with Crippen LogP contribution in [0.15, 0.2) is 78.9 Å². The SMILES string of the molecule is C/C(=C/c1ccccc1)c1ccc(Nc2ccc(C#N)cc2)cc1. The Morgan fingerprint density at radius 2 is 1.42 bits per heavy atom. The minimum absolute atomic E-state index is 0.664. The molecule has 0 aliphatic heterocycles. The Morgan fingerprint density at radius 1 is 0.833 bits per heavy atom. The van der Waals surface area contributed by atoms with Gasteiger partial charge in [-0.3, -0.25) is 0 Å². The number of rotatable bonds is 4. The first kappa shape index (κ1) is 15.6. The Hall–Kier alpha value is -3.31. The van der Waals surface area contributed by atoms with Crippen molar-refractivity contribution in [1.82, 2.24) is 0 Å². The van der Waals surface area contributed by atoms with E-state index in [1.165, 1.54) is 16.7 Å². The first-order valence-electron chi connectivity index (χ1n) is 7.85. The third-order valence-electron chi connectivity index (χ3n) is 3.83. The van der Waals surface area contributed by atoms with Crippen LogP contribution in [0, 0.1) is 11.3 Å². The minimum atomic E-state index is 0.664. The number of benzene rings is 3. The molecule has 0 aromatic heterocycles. The van der Waals surface area contributed by atoms with Crippen LogP contribution >= 0.6 is 0 Å². The average Bonchev–Trinajstić information content (AvgIpc) is 2.64. The fourth-order valence-electron chi connectivity index (χ4n) is 2.49. The Labute approximate surface area is 142 Å². The highest BCUT2D eigenvalue weighted by molar-refractivity contribution is 5.80. The molecule has 0 saturated carbocycles. The van der Waals surface area contributed by atoms with Crippen molar-refractivity contribution in [3.63, 3.8) is 0 Å². The molecule has 24 heavy (non-hydrogen) atoms. The maximum absolute atomic E-state index is 8.83. The fourth-order valence-corrected chi connectivity index (χ4v) is 2.49. The molecule has 0 radical (unpaired) electrons. The summed E-state index contributed by atoms with van der Waals surface area (Å²) in [6.07, 6.45) is 2.18. The average molecular weight is 310 g/mol. The fraction of sp³-hybridized carbons (Fsp3) is 0.0455. The first-order valence-corrected chi connectivity index (χ1v) is 7.85. The van der Waals surface area contributed by atoms with Crippen LogP contribution in [0.3, 0.4) is 0 Å². The van der Waals surface area contributed by atoms with Crippen molar-refractivity contribution in [3.8, 4) is 6.07 Å². The van der Waals surface area contributed by atoms with E-state index in [2.05, 4.69) is 60.8 Å². The third-order valence-corrected chi connectivity index (χ3v) is 3.83. The molecular weight excluding hydrogens is 292 g/mol. The smallest absolute Gasteiger partial charge is 0.0991 e. The molecule has 0 atom stereocenters. The predicted molar refractivity (Wildman–Crippen MR) is 101 cm³/mol. The van der Waals surface area contributed by atoms with Crippen molar-refractivity contribution in [2.75, 3.05) is 5.32 Å². The maximum Gasteiger partial charge on any atom is 0.0991 e. The molecule has 0 amide bonds. The number of anilines is 2. The molecule has 2 nitrogen and oxygen atoms in total. The quantitative estimate of drug-likeness (QED) is 0.612. The highest BCUT2D eigenvalue weighted by Gasteiger charge is 1.99. The highest BCUT2D eigenvalue weighted by Crippen LogP contribution is 2.22. The van der Waals surface area contributed by atoms with Crippen LogP contribution < -0.4 is 5.32 Å². The lowest BCUT2D eigenvalue weighted by Gasteiger charge is -2.08. The number of nitrogens with one attached hydrogen (secondary N) is 1. The zero-order chi connectivity index (χ0) is 16.8. The van der Waals surface area contributed by atoms with Crippen LogP contribution in [-0.4, -0.2) is 0 Å². The predicted octanol–water partition coefficient (Wildman–Crippen LogP) is 5.86. The lowest BCUT2D eigenvalue weighted by molar-refractivity contribution is 1.47. The van der Waals surface area contributed by atoms with Gasteiger partial charge in [0.15, 0.2) is 0 Å². The largest absolute Gasteiger partial charge is 0.356 e. The molecule has 116 valence electrons. The van der Waals surface area contributed by atoms with E-state index in [0.29, 0.717) is 5.56 Å². The molecule has 0 aliphatic rings. The van der Waals surface area contributed by atoms with Gasteiger partial charge in [-0.15, -0.1) is 0 Å². The molecule has 0 fully saturated rings. The van der Waals surface area contributed by atoms with Gasteiger partial charge in [0.25, 0.3) is 0 Å². The van der Waals surface area contributed by atoms with Gasteiger partial charge in [-0.2, -0.15) is 5.26 Å². The first-order chi connectivity index (χ1) is 11.7. The van der Waals surface area contributed by atoms with E-state index < -0.39 is 0 Å². The molecule has 0 unspecified atom stereocenters. The summed E-state index contributed by atoms with van der Waals surface area (Å²) in [5.74, 6) is 0. The number of nitriles is 1. The summed E-state index contributed by atoms with van der Waals surface area (Å²) in [5.41, 5.74) is 6.29. The van der Waals surface area contributed by atoms with Gasteiger partial charge in [0.1, 0.15) is 0 Å². The Bertz CT molecular complexity index is 868. The van der Waals surface area contributed by atoms with Gasteiger partial charge < -0.3 is 5.32 Å². The lowest BCUT2D eigenvalue weighted by atomic mass is 10.0. The van der Waals surface area contributed by atoms with Gasteiger partial charge in [0.05, 0.1) is 11.6 Å². The van der Waals surface area contributed by atoms with Gasteiger partial charge in [-0.25, -0.2) is 0 Å². The summed E-state index contributed by atoms with van der Waals surface area (Å²) < 4.78 is 0. The van der Waals surface area contributed by atoms with Crippen molar-refractivity contribution >= 4 is 23.0 Å². The van der Waals surface area contributed by atoms with Crippen LogP contribution in [0.2, 0.25) is 0 Å². The lowest BCUT2D eigenvalue weighted by Crippen LogP contribution is -1.90. The monoisotopic (exact) mass is 310 g/mol. The topological polar surface area (TPSA) is 35.8 Å². The summed E-state index contributed by atoms with van der Waals surface area (Å²) >= 11 is 0. The molecule has 0 saturated heterocycles. The number of nitrogens with zero attached hydrogens (tertiary/aromatic N) is 1. The molecule has 3 aromatic rings. The van der Waals surface area contributed by atoms with Gasteiger partial charge in [-0.05, 0) is 60.0 Å². The van der Waals surface area contributed by atoms with Crippen molar-refractivity contribution < 1.29 is 0 Å². The summed E-state index contributed by atoms with van der Waals surface area (Å²) in [5, 5.41) is 12.2. The Morgan fingerprint density at radius 3 is 2.00 bits per heavy atom. The van der Waals surface area contributed by atoms with Gasteiger partial charge in [-0.1, -0.05) is 48.5 Å². The van der Waals surface area contributed by atoms with E-state index in [9.17, 15) is 0 Å². The zero-order valence-electron chi connectivity index (χ0n) is 13.5. The van der Waals surface area contributed by atoms with E-state index in [1.807, 2.05) is 42.5 Å². The zero-order valence-corrected chi connectivity index (χ0v) is 13.5. The highest BCUT2D eigenvalue weighted by atomic mass is 14.9. The second-order valence-electron chi connectivity index (χ2n) is 5.63. The van der Waals surface area contributed by atoms with Crippen molar-refractivity contribution in [2.45, 2.75) is 6.92 Å². The van der Waals surface area contributed by atoms with Gasteiger partial charge >= 0.3 is 0 Å². The standard InChI is InChI=1S/C22H18N2/c1-17(15-18-5-3-2-4-6-18)20-9-13-22(14-10-20)24-21-11-7-19(16-23)8-12-21/h2-15,24H,1H3/b17-15-. The van der Waals surface area contributed by atoms with Crippen molar-refractivity contribution in [1.29, 1.82) is 5.26 Å². The summed E-state index contributed by atoms with van der Waals surface area (Å²) in [6.45, 7) is 2.12. The second kappa shape index (κ2) is 7.30. The summed E-state index contributed by atoms with van der Waals surface area (Å²) in [6, 6.07) is 28.2. The van der Waals surface area contributed by atoms with Crippen LogP contribution in [-0.2, 0) is 0 Å². The van der Waals surface area contributed by atoms with Crippen molar-refractivity contribution in [3.05, 3.63) is 95.6 Å². The minimum Gasteiger partial charge on any atom is -0.356 e. The van der Waals surface area contributed by atoms with Crippen LogP contribution in [0.5, 0.6) is 0 Å². The Kier molecular flexibility index (Phi) is 4.74. The van der Waals surface area contributed by atoms with E-state index in [1.54, 1.807) is 0 Å². The molecule has 0 heterocycles. The maximum atomic E-state index is 8.83. The number of allylic oxidation sites excluding steroid dienone is 1. The molecule has 0 aliphatic carbocycles. The normalized spacial score (nSPS) is 10.9. The van der Waals surface area contributed by atoms with E-state index >= 15 is 0 Å². The molecule has 3 rings (SSSR count). The second-order valence-corrected chi connectivity index (χ2v) is 5.63. The summed E-state index contributed by atoms with van der Waals surface area (Å²) in [7, 11) is 0. The van der Waals surface area contributed by atoms with Crippen LogP contribution in [0.4, 0.5) is 11.4 Å². The van der Waals surface area contributed by atoms with Gasteiger partial charge in [0.2, 0.25) is 0 Å². The van der Waals surface area contributed by atoms with Gasteiger partial charge in [0, 0.05) is 11.4 Å². The van der Waals surface area contributed by atoms with E-state index in [0.717, 1.165) is 11.4 Å². The molecular formula is C22H18N2. The third kappa shape index (κ3) is 3.91. The number of hydrogen-bond donors (Lipinski definition) is 1.